The van der Waals surface area contributed by atoms with Crippen molar-refractivity contribution in [3.05, 3.63) is 55.1 Å². The van der Waals surface area contributed by atoms with Gasteiger partial charge in [0.05, 0.1) is 22.9 Å². The molecule has 0 aliphatic heterocycles. The Morgan fingerprint density at radius 3 is 2.53 bits per heavy atom. The van der Waals surface area contributed by atoms with E-state index in [1.165, 1.54) is 3.97 Å². The van der Waals surface area contributed by atoms with Gasteiger partial charge in [-0.15, -0.1) is 0 Å². The maximum Gasteiger partial charge on any atom is 0.269 e. The van der Waals surface area contributed by atoms with Crippen LogP contribution in [0, 0.1) is 5.92 Å². The molecule has 8 nitrogen and oxygen atoms in total. The lowest BCUT2D eigenvalue weighted by molar-refractivity contribution is -0.122. The van der Waals surface area contributed by atoms with Gasteiger partial charge in [-0.2, -0.15) is 0 Å². The molecule has 3 aromatic heterocycles. The highest BCUT2D eigenvalue weighted by atomic mass is 32.2. The monoisotopic (exact) mass is 479 g/mol. The first-order valence-electron chi connectivity index (χ1n) is 11.8. The number of hydrogen-bond acceptors (Lipinski definition) is 5. The van der Waals surface area contributed by atoms with Crippen LogP contribution in [0.25, 0.3) is 22.1 Å². The highest BCUT2D eigenvalue weighted by Crippen LogP contribution is 2.34. The summed E-state index contributed by atoms with van der Waals surface area (Å²) in [5.41, 5.74) is 2.04. The second-order valence-electron chi connectivity index (χ2n) is 9.48. The summed E-state index contributed by atoms with van der Waals surface area (Å²) < 4.78 is 29.9. The van der Waals surface area contributed by atoms with Crippen molar-refractivity contribution in [1.82, 2.24) is 23.8 Å². The van der Waals surface area contributed by atoms with E-state index in [-0.39, 0.29) is 22.9 Å². The van der Waals surface area contributed by atoms with Crippen molar-refractivity contribution in [3.63, 3.8) is 0 Å². The van der Waals surface area contributed by atoms with Gasteiger partial charge in [0, 0.05) is 30.1 Å². The van der Waals surface area contributed by atoms with Crippen molar-refractivity contribution in [1.29, 1.82) is 0 Å². The Labute approximate surface area is 199 Å². The summed E-state index contributed by atoms with van der Waals surface area (Å²) in [7, 11) is -3.76. The lowest BCUT2D eigenvalue weighted by Crippen LogP contribution is -2.38. The molecule has 1 saturated carbocycles. The highest BCUT2D eigenvalue weighted by Gasteiger charge is 2.27. The molecule has 1 aliphatic carbocycles. The lowest BCUT2D eigenvalue weighted by atomic mass is 9.90. The maximum absolute atomic E-state index is 13.2. The minimum Gasteiger partial charge on any atom is -0.353 e. The average molecular weight is 480 g/mol. The van der Waals surface area contributed by atoms with E-state index in [0.717, 1.165) is 42.1 Å². The molecule has 1 N–H and O–H groups in total. The fraction of sp³-hybridized carbons (Fsp3) is 0.400. The van der Waals surface area contributed by atoms with E-state index in [0.29, 0.717) is 18.0 Å². The number of amides is 1. The fourth-order valence-electron chi connectivity index (χ4n) is 4.92. The number of aromatic nitrogens is 4. The SMILES string of the molecule is CC(C)CC(=O)NC1CCC(n2cnc3cnc4c(ccn4S(=O)(=O)c4ccccc4)c32)CC1. The summed E-state index contributed by atoms with van der Waals surface area (Å²) in [6.45, 7) is 4.10. The second-order valence-corrected chi connectivity index (χ2v) is 11.3. The molecule has 1 aromatic carbocycles. The molecule has 178 valence electrons. The van der Waals surface area contributed by atoms with Gasteiger partial charge in [-0.1, -0.05) is 32.0 Å². The summed E-state index contributed by atoms with van der Waals surface area (Å²) in [4.78, 5) is 21.4. The van der Waals surface area contributed by atoms with Crippen LogP contribution in [-0.2, 0) is 14.8 Å². The van der Waals surface area contributed by atoms with E-state index in [2.05, 4.69) is 33.7 Å². The van der Waals surface area contributed by atoms with E-state index >= 15 is 0 Å². The third-order valence-electron chi connectivity index (χ3n) is 6.56. The molecule has 0 spiro atoms. The van der Waals surface area contributed by atoms with Crippen molar-refractivity contribution in [2.75, 3.05) is 0 Å². The Bertz CT molecular complexity index is 1430. The van der Waals surface area contributed by atoms with Gasteiger partial charge in [0.1, 0.15) is 5.52 Å². The molecule has 9 heteroatoms. The molecule has 0 bridgehead atoms. The molecular weight excluding hydrogens is 450 g/mol. The van der Waals surface area contributed by atoms with Crippen LogP contribution in [0.15, 0.2) is 60.0 Å². The molecule has 0 saturated heterocycles. The molecule has 0 unspecified atom stereocenters. The zero-order valence-electron chi connectivity index (χ0n) is 19.4. The Morgan fingerprint density at radius 2 is 1.82 bits per heavy atom. The molecule has 5 rings (SSSR count). The number of rotatable bonds is 6. The van der Waals surface area contributed by atoms with Crippen LogP contribution >= 0.6 is 0 Å². The average Bonchev–Trinajstić information content (AvgIpc) is 3.44. The molecule has 3 heterocycles. The zero-order chi connectivity index (χ0) is 23.9. The van der Waals surface area contributed by atoms with Crippen molar-refractivity contribution in [2.45, 2.75) is 62.9 Å². The van der Waals surface area contributed by atoms with Crippen LogP contribution in [0.2, 0.25) is 0 Å². The van der Waals surface area contributed by atoms with E-state index in [9.17, 15) is 13.2 Å². The van der Waals surface area contributed by atoms with E-state index < -0.39 is 10.0 Å². The van der Waals surface area contributed by atoms with Crippen LogP contribution < -0.4 is 5.32 Å². The third-order valence-corrected chi connectivity index (χ3v) is 8.24. The van der Waals surface area contributed by atoms with E-state index in [4.69, 9.17) is 0 Å². The van der Waals surface area contributed by atoms with Gasteiger partial charge in [-0.25, -0.2) is 22.4 Å². The van der Waals surface area contributed by atoms with Crippen LogP contribution in [-0.4, -0.2) is 38.9 Å². The zero-order valence-corrected chi connectivity index (χ0v) is 20.2. The van der Waals surface area contributed by atoms with Gasteiger partial charge >= 0.3 is 0 Å². The third kappa shape index (κ3) is 4.09. The minimum atomic E-state index is -3.76. The molecule has 0 radical (unpaired) electrons. The highest BCUT2D eigenvalue weighted by molar-refractivity contribution is 7.90. The van der Waals surface area contributed by atoms with Crippen LogP contribution in [0.3, 0.4) is 0 Å². The van der Waals surface area contributed by atoms with Gasteiger partial charge in [0.2, 0.25) is 5.91 Å². The van der Waals surface area contributed by atoms with E-state index in [1.807, 2.05) is 6.33 Å². The summed E-state index contributed by atoms with van der Waals surface area (Å²) in [6.07, 6.45) is 9.26. The number of nitrogens with zero attached hydrogens (tertiary/aromatic N) is 4. The molecule has 0 atom stereocenters. The Balaban J connectivity index is 1.43. The summed E-state index contributed by atoms with van der Waals surface area (Å²) in [5.74, 6) is 0.475. The quantitative estimate of drug-likeness (QED) is 0.445. The largest absolute Gasteiger partial charge is 0.353 e. The lowest BCUT2D eigenvalue weighted by Gasteiger charge is -2.30. The standard InChI is InChI=1S/C25H29N5O3S/c1-17(2)14-23(31)28-18-8-10-19(11-9-18)29-16-27-22-15-26-25-21(24(22)29)12-13-30(25)34(32,33)20-6-4-3-5-7-20/h3-7,12-13,15-19H,8-11,14H2,1-2H3,(H,28,31). The first-order chi connectivity index (χ1) is 16.3. The van der Waals surface area contributed by atoms with E-state index in [1.54, 1.807) is 48.8 Å². The molecule has 1 aliphatic rings. The smallest absolute Gasteiger partial charge is 0.269 e. The number of pyridine rings is 1. The fourth-order valence-corrected chi connectivity index (χ4v) is 6.24. The number of carbonyl (C=O) groups excluding carboxylic acids is 1. The molecule has 4 aromatic rings. The first-order valence-corrected chi connectivity index (χ1v) is 13.2. The van der Waals surface area contributed by atoms with Gasteiger partial charge in [-0.05, 0) is 49.8 Å². The predicted molar refractivity (Wildman–Crippen MR) is 131 cm³/mol. The van der Waals surface area contributed by atoms with Gasteiger partial charge in [0.15, 0.2) is 5.65 Å². The summed E-state index contributed by atoms with van der Waals surface area (Å²) >= 11 is 0. The normalized spacial score (nSPS) is 19.1. The number of fused-ring (bicyclic) bond motifs is 3. The summed E-state index contributed by atoms with van der Waals surface area (Å²) in [5, 5.41) is 3.94. The van der Waals surface area contributed by atoms with Crippen molar-refractivity contribution in [3.8, 4) is 0 Å². The second kappa shape index (κ2) is 8.87. The molecule has 34 heavy (non-hydrogen) atoms. The van der Waals surface area contributed by atoms with Crippen LogP contribution in [0.1, 0.15) is 52.0 Å². The van der Waals surface area contributed by atoms with Crippen molar-refractivity contribution < 1.29 is 13.2 Å². The minimum absolute atomic E-state index is 0.125. The molecular formula is C25H29N5O3S. The van der Waals surface area contributed by atoms with Gasteiger partial charge in [-0.3, -0.25) is 4.79 Å². The molecule has 1 amide bonds. The number of nitrogens with one attached hydrogen (secondary N) is 1. The molecule has 1 fully saturated rings. The number of carbonyl (C=O) groups is 1. The predicted octanol–water partition coefficient (Wildman–Crippen LogP) is 4.27. The maximum atomic E-state index is 13.2. The summed E-state index contributed by atoms with van der Waals surface area (Å²) in [6, 6.07) is 10.6. The topological polar surface area (TPSA) is 98.9 Å². The first kappa shape index (κ1) is 22.6. The van der Waals surface area contributed by atoms with Gasteiger partial charge < -0.3 is 9.88 Å². The van der Waals surface area contributed by atoms with Gasteiger partial charge in [0.25, 0.3) is 10.0 Å². The van der Waals surface area contributed by atoms with Crippen LogP contribution in [0.4, 0.5) is 0 Å². The Morgan fingerprint density at radius 1 is 1.09 bits per heavy atom. The Hall–Kier alpha value is -3.20. The number of hydrogen-bond donors (Lipinski definition) is 1. The number of benzene rings is 1. The Kier molecular flexibility index (Phi) is 5.89. The van der Waals surface area contributed by atoms with Crippen LogP contribution in [0.5, 0.6) is 0 Å². The van der Waals surface area contributed by atoms with Crippen molar-refractivity contribution in [2.24, 2.45) is 5.92 Å². The number of imidazole rings is 1. The van der Waals surface area contributed by atoms with Crippen molar-refractivity contribution >= 4 is 38.0 Å².